The van der Waals surface area contributed by atoms with Gasteiger partial charge in [-0.25, -0.2) is 4.79 Å². The van der Waals surface area contributed by atoms with Gasteiger partial charge in [0.15, 0.2) is 0 Å². The number of ether oxygens (including phenoxy) is 1. The number of piperazine rings is 1. The van der Waals surface area contributed by atoms with Crippen LogP contribution >= 0.6 is 23.1 Å². The summed E-state index contributed by atoms with van der Waals surface area (Å²) in [4.78, 5) is 17.6. The fraction of sp³-hybridized carbons (Fsp3) is 0.667. The molecule has 1 aromatic heterocycles. The van der Waals surface area contributed by atoms with E-state index in [0.717, 1.165) is 49.2 Å². The van der Waals surface area contributed by atoms with Crippen LogP contribution in [-0.4, -0.2) is 66.6 Å². The summed E-state index contributed by atoms with van der Waals surface area (Å²) >= 11 is 3.56. The number of hydrogen-bond donors (Lipinski definition) is 0. The number of carbonyl (C=O) groups excluding carboxylic acids is 1. The summed E-state index contributed by atoms with van der Waals surface area (Å²) < 4.78 is 4.85. The number of hydrogen-bond acceptors (Lipinski definition) is 6. The van der Waals surface area contributed by atoms with Gasteiger partial charge in [-0.05, 0) is 29.2 Å². The lowest BCUT2D eigenvalue weighted by Crippen LogP contribution is -2.50. The molecule has 1 atom stereocenters. The van der Waals surface area contributed by atoms with E-state index in [1.54, 1.807) is 0 Å². The minimum absolute atomic E-state index is 0.207. The molecule has 6 heteroatoms. The fourth-order valence-corrected chi connectivity index (χ4v) is 5.16. The highest BCUT2D eigenvalue weighted by molar-refractivity contribution is 7.99. The van der Waals surface area contributed by atoms with Crippen molar-refractivity contribution in [3.05, 3.63) is 21.9 Å². The summed E-state index contributed by atoms with van der Waals surface area (Å²) in [5, 5.41) is 1.98. The number of rotatable bonds is 4. The standard InChI is InChI=1S/C15H22N2O2S2/c1-19-15(18)14-12(2-9-21-14)10-16-4-6-17(7-5-16)13-3-8-20-11-13/h2,9,13H,3-8,10-11H2,1H3. The van der Waals surface area contributed by atoms with Crippen molar-refractivity contribution in [2.45, 2.75) is 19.0 Å². The lowest BCUT2D eigenvalue weighted by atomic mass is 10.1. The molecule has 0 aromatic carbocycles. The van der Waals surface area contributed by atoms with E-state index in [4.69, 9.17) is 4.74 Å². The van der Waals surface area contributed by atoms with Crippen molar-refractivity contribution in [2.75, 3.05) is 44.8 Å². The van der Waals surface area contributed by atoms with Crippen LogP contribution in [0.1, 0.15) is 21.7 Å². The van der Waals surface area contributed by atoms with Crippen molar-refractivity contribution in [2.24, 2.45) is 0 Å². The molecule has 116 valence electrons. The highest BCUT2D eigenvalue weighted by atomic mass is 32.2. The SMILES string of the molecule is COC(=O)c1sccc1CN1CCN(C2CCSC2)CC1. The third kappa shape index (κ3) is 3.62. The molecule has 0 amide bonds. The second kappa shape index (κ2) is 7.13. The predicted molar refractivity (Wildman–Crippen MR) is 88.2 cm³/mol. The fourth-order valence-electron chi connectivity index (χ4n) is 3.07. The van der Waals surface area contributed by atoms with Crippen LogP contribution < -0.4 is 0 Å². The van der Waals surface area contributed by atoms with Crippen LogP contribution in [0, 0.1) is 0 Å². The van der Waals surface area contributed by atoms with Crippen LogP contribution in [0.3, 0.4) is 0 Å². The van der Waals surface area contributed by atoms with Gasteiger partial charge in [0.1, 0.15) is 4.88 Å². The van der Waals surface area contributed by atoms with Gasteiger partial charge >= 0.3 is 5.97 Å². The largest absolute Gasteiger partial charge is 0.465 e. The zero-order valence-electron chi connectivity index (χ0n) is 12.4. The molecule has 2 saturated heterocycles. The molecule has 1 unspecified atom stereocenters. The molecule has 3 heterocycles. The van der Waals surface area contributed by atoms with Gasteiger partial charge in [-0.2, -0.15) is 11.8 Å². The second-order valence-corrected chi connectivity index (χ2v) is 7.66. The summed E-state index contributed by atoms with van der Waals surface area (Å²) in [7, 11) is 1.45. The predicted octanol–water partition coefficient (Wildman–Crippen LogP) is 2.16. The van der Waals surface area contributed by atoms with Crippen LogP contribution in [0.5, 0.6) is 0 Å². The Hall–Kier alpha value is -0.560. The maximum atomic E-state index is 11.7. The van der Waals surface area contributed by atoms with Crippen LogP contribution in [0.4, 0.5) is 0 Å². The number of esters is 1. The van der Waals surface area contributed by atoms with E-state index < -0.39 is 0 Å². The molecule has 0 spiro atoms. The van der Waals surface area contributed by atoms with Gasteiger partial charge < -0.3 is 4.74 Å². The maximum Gasteiger partial charge on any atom is 0.348 e. The average molecular weight is 326 g/mol. The molecule has 4 nitrogen and oxygen atoms in total. The quantitative estimate of drug-likeness (QED) is 0.792. The van der Waals surface area contributed by atoms with Crippen LogP contribution in [0.15, 0.2) is 11.4 Å². The Morgan fingerprint density at radius 3 is 2.86 bits per heavy atom. The first-order valence-electron chi connectivity index (χ1n) is 7.47. The van der Waals surface area contributed by atoms with E-state index >= 15 is 0 Å². The first-order valence-corrected chi connectivity index (χ1v) is 9.50. The van der Waals surface area contributed by atoms with Crippen LogP contribution in [-0.2, 0) is 11.3 Å². The summed E-state index contributed by atoms with van der Waals surface area (Å²) in [5.74, 6) is 2.42. The summed E-state index contributed by atoms with van der Waals surface area (Å²) in [6, 6.07) is 2.85. The van der Waals surface area contributed by atoms with Crippen molar-refractivity contribution in [1.29, 1.82) is 0 Å². The van der Waals surface area contributed by atoms with E-state index in [2.05, 4.69) is 27.6 Å². The topological polar surface area (TPSA) is 32.8 Å². The molecule has 2 aliphatic rings. The van der Waals surface area contributed by atoms with Crippen molar-refractivity contribution < 1.29 is 9.53 Å². The highest BCUT2D eigenvalue weighted by Gasteiger charge is 2.27. The number of thiophene rings is 1. The van der Waals surface area contributed by atoms with Crippen LogP contribution in [0.2, 0.25) is 0 Å². The van der Waals surface area contributed by atoms with Crippen LogP contribution in [0.25, 0.3) is 0 Å². The number of nitrogens with zero attached hydrogens (tertiary/aromatic N) is 2. The van der Waals surface area contributed by atoms with Crippen molar-refractivity contribution in [1.82, 2.24) is 9.80 Å². The van der Waals surface area contributed by atoms with Crippen molar-refractivity contribution in [3.63, 3.8) is 0 Å². The van der Waals surface area contributed by atoms with Gasteiger partial charge in [-0.15, -0.1) is 11.3 Å². The molecule has 21 heavy (non-hydrogen) atoms. The zero-order chi connectivity index (χ0) is 14.7. The van der Waals surface area contributed by atoms with E-state index in [1.807, 2.05) is 5.38 Å². The van der Waals surface area contributed by atoms with Gasteiger partial charge in [-0.3, -0.25) is 9.80 Å². The Bertz CT molecular complexity index is 478. The molecule has 1 aromatic rings. The van der Waals surface area contributed by atoms with Crippen molar-refractivity contribution >= 4 is 29.1 Å². The third-order valence-electron chi connectivity index (χ3n) is 4.34. The molecule has 0 radical (unpaired) electrons. The smallest absolute Gasteiger partial charge is 0.348 e. The molecule has 2 aliphatic heterocycles. The summed E-state index contributed by atoms with van der Waals surface area (Å²) in [6.07, 6.45) is 1.35. The minimum atomic E-state index is -0.207. The van der Waals surface area contributed by atoms with Crippen molar-refractivity contribution in [3.8, 4) is 0 Å². The summed E-state index contributed by atoms with van der Waals surface area (Å²) in [5.41, 5.74) is 1.11. The molecule has 2 fully saturated rings. The Morgan fingerprint density at radius 2 is 2.19 bits per heavy atom. The van der Waals surface area contributed by atoms with E-state index in [9.17, 15) is 4.79 Å². The Morgan fingerprint density at radius 1 is 1.38 bits per heavy atom. The maximum absolute atomic E-state index is 11.7. The van der Waals surface area contributed by atoms with E-state index in [0.29, 0.717) is 0 Å². The van der Waals surface area contributed by atoms with Gasteiger partial charge in [0.2, 0.25) is 0 Å². The molecule has 0 bridgehead atoms. The van der Waals surface area contributed by atoms with Gasteiger partial charge in [0.05, 0.1) is 7.11 Å². The second-order valence-electron chi connectivity index (χ2n) is 5.60. The lowest BCUT2D eigenvalue weighted by Gasteiger charge is -2.37. The lowest BCUT2D eigenvalue weighted by molar-refractivity contribution is 0.0602. The molecule has 0 saturated carbocycles. The van der Waals surface area contributed by atoms with Gasteiger partial charge in [0.25, 0.3) is 0 Å². The number of methoxy groups -OCH3 is 1. The Labute approximate surface area is 134 Å². The summed E-state index contributed by atoms with van der Waals surface area (Å²) in [6.45, 7) is 5.36. The number of thioether (sulfide) groups is 1. The first kappa shape index (κ1) is 15.3. The molecule has 3 rings (SSSR count). The number of carbonyl (C=O) groups is 1. The first-order chi connectivity index (χ1) is 10.3. The highest BCUT2D eigenvalue weighted by Crippen LogP contribution is 2.24. The Kier molecular flexibility index (Phi) is 5.21. The monoisotopic (exact) mass is 326 g/mol. The molecule has 0 N–H and O–H groups in total. The Balaban J connectivity index is 1.53. The zero-order valence-corrected chi connectivity index (χ0v) is 14.0. The molecular formula is C15H22N2O2S2. The van der Waals surface area contributed by atoms with Gasteiger partial charge in [-0.1, -0.05) is 0 Å². The average Bonchev–Trinajstić information content (AvgIpc) is 3.18. The molecular weight excluding hydrogens is 304 g/mol. The molecule has 0 aliphatic carbocycles. The minimum Gasteiger partial charge on any atom is -0.465 e. The van der Waals surface area contributed by atoms with E-state index in [1.165, 1.54) is 36.4 Å². The normalized spacial score (nSPS) is 24.3. The van der Waals surface area contributed by atoms with E-state index in [-0.39, 0.29) is 5.97 Å². The third-order valence-corrected chi connectivity index (χ3v) is 6.42. The van der Waals surface area contributed by atoms with Gasteiger partial charge in [0, 0.05) is 44.5 Å².